The highest BCUT2D eigenvalue weighted by atomic mass is 19.4. The van der Waals surface area contributed by atoms with Gasteiger partial charge in [-0.1, -0.05) is 12.8 Å². The second-order valence-corrected chi connectivity index (χ2v) is 9.07. The van der Waals surface area contributed by atoms with E-state index in [-0.39, 0.29) is 55.3 Å². The van der Waals surface area contributed by atoms with E-state index in [2.05, 4.69) is 4.98 Å². The van der Waals surface area contributed by atoms with E-state index in [4.69, 9.17) is 5.73 Å². The second kappa shape index (κ2) is 9.63. The minimum Gasteiger partial charge on any atom is -0.335 e. The van der Waals surface area contributed by atoms with Gasteiger partial charge in [0.15, 0.2) is 17.4 Å². The topological polar surface area (TPSA) is 81.2 Å². The predicted octanol–water partition coefficient (Wildman–Crippen LogP) is 3.99. The molecule has 190 valence electrons. The number of nitrogens with two attached hydrogens (primary N) is 1. The summed E-state index contributed by atoms with van der Waals surface area (Å²) in [6, 6.07) is 0.124. The Balaban J connectivity index is 1.51. The molecular weight excluding hydrogens is 478 g/mol. The zero-order chi connectivity index (χ0) is 25.5. The molecule has 1 aliphatic heterocycles. The third kappa shape index (κ3) is 5.21. The summed E-state index contributed by atoms with van der Waals surface area (Å²) < 4.78 is 82.1. The van der Waals surface area contributed by atoms with Crippen LogP contribution in [-0.2, 0) is 30.5 Å². The molecule has 1 fully saturated rings. The number of carbonyl (C=O) groups excluding carboxylic acids is 2. The molecule has 1 atom stereocenters. The van der Waals surface area contributed by atoms with Crippen LogP contribution in [0.15, 0.2) is 12.1 Å². The van der Waals surface area contributed by atoms with Gasteiger partial charge >= 0.3 is 6.18 Å². The van der Waals surface area contributed by atoms with Crippen molar-refractivity contribution in [3.8, 4) is 0 Å². The van der Waals surface area contributed by atoms with Crippen LogP contribution in [-0.4, -0.2) is 38.7 Å². The quantitative estimate of drug-likeness (QED) is 0.368. The van der Waals surface area contributed by atoms with Gasteiger partial charge in [-0.3, -0.25) is 9.59 Å². The first kappa shape index (κ1) is 25.2. The van der Waals surface area contributed by atoms with Crippen LogP contribution in [0, 0.1) is 23.4 Å². The first-order valence-electron chi connectivity index (χ1n) is 11.3. The van der Waals surface area contributed by atoms with Crippen molar-refractivity contribution in [2.45, 2.75) is 63.8 Å². The number of halogens is 6. The molecular formula is C23H24F6N4O2. The summed E-state index contributed by atoms with van der Waals surface area (Å²) in [6.45, 7) is -0.509. The molecule has 2 aromatic rings. The van der Waals surface area contributed by atoms with Crippen LogP contribution >= 0.6 is 0 Å². The standard InChI is InChI=1S/C23H24F6N4O2/c24-15-10-17(26)16(25)8-13(15)7-14(30)9-19(34)32-5-6-33-18(11-32)20(31-22(33)23(27,28)29)21(35)12-3-1-2-4-12/h8,10,12,14H,1-7,9,11,30H2/t14-/m1/s1. The maximum absolute atomic E-state index is 13.9. The fourth-order valence-electron chi connectivity index (χ4n) is 4.80. The van der Waals surface area contributed by atoms with Crippen LogP contribution in [0.5, 0.6) is 0 Å². The summed E-state index contributed by atoms with van der Waals surface area (Å²) in [5, 5.41) is 0. The molecule has 12 heteroatoms. The Kier molecular flexibility index (Phi) is 6.94. The number of fused-ring (bicyclic) bond motifs is 1. The average Bonchev–Trinajstić information content (AvgIpc) is 3.44. The lowest BCUT2D eigenvalue weighted by Gasteiger charge is -2.30. The molecule has 2 heterocycles. The molecule has 1 saturated carbocycles. The van der Waals surface area contributed by atoms with Gasteiger partial charge in [0, 0.05) is 37.5 Å². The molecule has 2 aliphatic rings. The van der Waals surface area contributed by atoms with Crippen LogP contribution in [0.4, 0.5) is 26.3 Å². The smallest absolute Gasteiger partial charge is 0.335 e. The van der Waals surface area contributed by atoms with Crippen molar-refractivity contribution >= 4 is 11.7 Å². The lowest BCUT2D eigenvalue weighted by Crippen LogP contribution is -2.42. The molecule has 1 aliphatic carbocycles. The summed E-state index contributed by atoms with van der Waals surface area (Å²) in [6.07, 6.45) is -2.49. The molecule has 0 unspecified atom stereocenters. The van der Waals surface area contributed by atoms with E-state index < -0.39 is 47.2 Å². The zero-order valence-corrected chi connectivity index (χ0v) is 18.7. The first-order chi connectivity index (χ1) is 16.5. The maximum atomic E-state index is 13.9. The van der Waals surface area contributed by atoms with Crippen LogP contribution < -0.4 is 5.73 Å². The minimum atomic E-state index is -4.76. The Labute approximate surface area is 197 Å². The number of carbonyl (C=O) groups is 2. The van der Waals surface area contributed by atoms with Gasteiger partial charge in [0.05, 0.1) is 12.2 Å². The van der Waals surface area contributed by atoms with Crippen LogP contribution in [0.3, 0.4) is 0 Å². The van der Waals surface area contributed by atoms with E-state index in [1.807, 2.05) is 0 Å². The van der Waals surface area contributed by atoms with Crippen molar-refractivity contribution in [1.82, 2.24) is 14.5 Å². The second-order valence-electron chi connectivity index (χ2n) is 9.07. The van der Waals surface area contributed by atoms with Crippen LogP contribution in [0.25, 0.3) is 0 Å². The number of amides is 1. The molecule has 0 bridgehead atoms. The maximum Gasteiger partial charge on any atom is 0.449 e. The van der Waals surface area contributed by atoms with E-state index in [1.165, 1.54) is 4.90 Å². The largest absolute Gasteiger partial charge is 0.449 e. The Morgan fingerprint density at radius 3 is 2.37 bits per heavy atom. The van der Waals surface area contributed by atoms with Crippen molar-refractivity contribution in [1.29, 1.82) is 0 Å². The molecule has 0 spiro atoms. The summed E-state index contributed by atoms with van der Waals surface area (Å²) in [4.78, 5) is 30.7. The van der Waals surface area contributed by atoms with Crippen molar-refractivity contribution < 1.29 is 35.9 Å². The molecule has 4 rings (SSSR count). The number of hydrogen-bond donors (Lipinski definition) is 1. The lowest BCUT2D eigenvalue weighted by atomic mass is 9.98. The van der Waals surface area contributed by atoms with E-state index in [9.17, 15) is 35.9 Å². The fraction of sp³-hybridized carbons (Fsp3) is 0.522. The molecule has 1 amide bonds. The van der Waals surface area contributed by atoms with Crippen molar-refractivity contribution in [3.63, 3.8) is 0 Å². The average molecular weight is 502 g/mol. The highest BCUT2D eigenvalue weighted by molar-refractivity contribution is 5.97. The number of ketones is 1. The van der Waals surface area contributed by atoms with Crippen molar-refractivity contribution in [3.05, 3.63) is 52.4 Å². The number of imidazole rings is 1. The predicted molar refractivity (Wildman–Crippen MR) is 112 cm³/mol. The summed E-state index contributed by atoms with van der Waals surface area (Å²) in [5.74, 6) is -6.09. The minimum absolute atomic E-state index is 0.0362. The number of rotatable bonds is 6. The first-order valence-corrected chi connectivity index (χ1v) is 11.3. The SMILES string of the molecule is N[C@@H](CC(=O)N1CCn2c(C(F)(F)F)nc(C(=O)C3CCCC3)c2C1)Cc1cc(F)c(F)cc1F. The van der Waals surface area contributed by atoms with E-state index >= 15 is 0 Å². The third-order valence-corrected chi connectivity index (χ3v) is 6.58. The van der Waals surface area contributed by atoms with Gasteiger partial charge in [-0.2, -0.15) is 13.2 Å². The monoisotopic (exact) mass is 502 g/mol. The lowest BCUT2D eigenvalue weighted by molar-refractivity contribution is -0.148. The number of benzene rings is 1. The van der Waals surface area contributed by atoms with Gasteiger partial charge in [0.1, 0.15) is 11.5 Å². The van der Waals surface area contributed by atoms with E-state index in [1.54, 1.807) is 0 Å². The van der Waals surface area contributed by atoms with E-state index in [0.717, 1.165) is 17.4 Å². The van der Waals surface area contributed by atoms with Crippen LogP contribution in [0.1, 0.15) is 59.7 Å². The molecule has 0 radical (unpaired) electrons. The van der Waals surface area contributed by atoms with Gasteiger partial charge in [-0.05, 0) is 30.9 Å². The molecule has 35 heavy (non-hydrogen) atoms. The fourth-order valence-corrected chi connectivity index (χ4v) is 4.80. The Morgan fingerprint density at radius 1 is 1.06 bits per heavy atom. The highest BCUT2D eigenvalue weighted by Crippen LogP contribution is 2.35. The van der Waals surface area contributed by atoms with Crippen LogP contribution in [0.2, 0.25) is 0 Å². The third-order valence-electron chi connectivity index (χ3n) is 6.58. The van der Waals surface area contributed by atoms with Gasteiger partial charge in [0.2, 0.25) is 11.7 Å². The number of Topliss-reactive ketones (excluding diaryl/α,β-unsaturated/α-hetero) is 1. The highest BCUT2D eigenvalue weighted by Gasteiger charge is 2.42. The normalized spacial score (nSPS) is 17.5. The Hall–Kier alpha value is -2.89. The summed E-state index contributed by atoms with van der Waals surface area (Å²) in [7, 11) is 0. The van der Waals surface area contributed by atoms with Gasteiger partial charge in [-0.15, -0.1) is 0 Å². The molecule has 2 N–H and O–H groups in total. The van der Waals surface area contributed by atoms with Crippen molar-refractivity contribution in [2.75, 3.05) is 6.54 Å². The molecule has 1 aromatic carbocycles. The van der Waals surface area contributed by atoms with Crippen molar-refractivity contribution in [2.24, 2.45) is 11.7 Å². The summed E-state index contributed by atoms with van der Waals surface area (Å²) >= 11 is 0. The molecule has 1 aromatic heterocycles. The van der Waals surface area contributed by atoms with E-state index in [0.29, 0.717) is 25.0 Å². The molecule has 0 saturated heterocycles. The number of aromatic nitrogens is 2. The van der Waals surface area contributed by atoms with Gasteiger partial charge < -0.3 is 15.2 Å². The zero-order valence-electron chi connectivity index (χ0n) is 18.7. The number of nitrogens with zero attached hydrogens (tertiary/aromatic N) is 3. The van der Waals surface area contributed by atoms with Gasteiger partial charge in [0.25, 0.3) is 0 Å². The van der Waals surface area contributed by atoms with Gasteiger partial charge in [-0.25, -0.2) is 18.2 Å². The Bertz CT molecular complexity index is 1140. The Morgan fingerprint density at radius 2 is 1.71 bits per heavy atom. The number of hydrogen-bond acceptors (Lipinski definition) is 4. The number of alkyl halides is 3. The summed E-state index contributed by atoms with van der Waals surface area (Å²) in [5.41, 5.74) is 5.52. The molecule has 6 nitrogen and oxygen atoms in total.